The van der Waals surface area contributed by atoms with E-state index in [2.05, 4.69) is 9.97 Å². The van der Waals surface area contributed by atoms with Crippen molar-refractivity contribution in [3.05, 3.63) is 23.8 Å². The average molecular weight is 221 g/mol. The molecule has 0 saturated heterocycles. The van der Waals surface area contributed by atoms with Gasteiger partial charge in [-0.1, -0.05) is 0 Å². The van der Waals surface area contributed by atoms with E-state index in [1.807, 2.05) is 6.92 Å². The van der Waals surface area contributed by atoms with Gasteiger partial charge in [0.1, 0.15) is 0 Å². The first kappa shape index (κ1) is 10.4. The number of imidazole rings is 1. The minimum absolute atomic E-state index is 0.137. The molecule has 0 unspecified atom stereocenters. The third-order valence-electron chi connectivity index (χ3n) is 2.17. The highest BCUT2D eigenvalue weighted by Crippen LogP contribution is 2.19. The molecule has 16 heavy (non-hydrogen) atoms. The van der Waals surface area contributed by atoms with Crippen LogP contribution in [0, 0.1) is 6.92 Å². The van der Waals surface area contributed by atoms with Gasteiger partial charge in [-0.3, -0.25) is 4.40 Å². The van der Waals surface area contributed by atoms with E-state index in [0.717, 1.165) is 0 Å². The summed E-state index contributed by atoms with van der Waals surface area (Å²) in [5.41, 5.74) is 1.01. The Labute approximate surface area is 91.5 Å². The number of ether oxygens (including phenoxy) is 1. The molecule has 2 aromatic heterocycles. The summed E-state index contributed by atoms with van der Waals surface area (Å²) in [7, 11) is 0. The Morgan fingerprint density at radius 3 is 3.00 bits per heavy atom. The molecule has 0 atom stereocenters. The van der Waals surface area contributed by atoms with E-state index in [4.69, 9.17) is 9.84 Å². The van der Waals surface area contributed by atoms with Crippen molar-refractivity contribution in [2.24, 2.45) is 0 Å². The van der Waals surface area contributed by atoms with Gasteiger partial charge in [0.2, 0.25) is 5.65 Å². The van der Waals surface area contributed by atoms with E-state index in [9.17, 15) is 4.79 Å². The molecule has 0 aliphatic rings. The van der Waals surface area contributed by atoms with Gasteiger partial charge in [-0.05, 0) is 13.8 Å². The Bertz CT molecular complexity index is 547. The third kappa shape index (κ3) is 1.48. The summed E-state index contributed by atoms with van der Waals surface area (Å²) >= 11 is 0. The molecule has 0 bridgehead atoms. The zero-order valence-corrected chi connectivity index (χ0v) is 8.97. The van der Waals surface area contributed by atoms with E-state index < -0.39 is 5.97 Å². The fraction of sp³-hybridized carbons (Fsp3) is 0.300. The summed E-state index contributed by atoms with van der Waals surface area (Å²) in [5.74, 6) is -0.667. The van der Waals surface area contributed by atoms with Gasteiger partial charge in [0.15, 0.2) is 5.69 Å². The van der Waals surface area contributed by atoms with Crippen molar-refractivity contribution in [2.45, 2.75) is 13.8 Å². The topological polar surface area (TPSA) is 76.7 Å². The number of hydrogen-bond acceptors (Lipinski definition) is 4. The van der Waals surface area contributed by atoms with Gasteiger partial charge in [-0.2, -0.15) is 0 Å². The van der Waals surface area contributed by atoms with E-state index in [-0.39, 0.29) is 5.69 Å². The maximum absolute atomic E-state index is 11.0. The highest BCUT2D eigenvalue weighted by molar-refractivity contribution is 5.88. The van der Waals surface area contributed by atoms with Crippen molar-refractivity contribution in [2.75, 3.05) is 6.61 Å². The molecule has 2 heterocycles. The summed E-state index contributed by atoms with van der Waals surface area (Å²) in [6.07, 6.45) is 3.05. The number of carbonyl (C=O) groups is 1. The molecule has 0 aliphatic carbocycles. The quantitative estimate of drug-likeness (QED) is 0.840. The fourth-order valence-corrected chi connectivity index (χ4v) is 1.56. The average Bonchev–Trinajstić information content (AvgIpc) is 2.55. The zero-order valence-electron chi connectivity index (χ0n) is 8.97. The molecule has 0 saturated carbocycles. The summed E-state index contributed by atoms with van der Waals surface area (Å²) in [5, 5.41) is 9.05. The summed E-state index contributed by atoms with van der Waals surface area (Å²) in [6, 6.07) is 0. The molecule has 6 heteroatoms. The second kappa shape index (κ2) is 3.80. The van der Waals surface area contributed by atoms with Crippen LogP contribution in [0.3, 0.4) is 0 Å². The monoisotopic (exact) mass is 221 g/mol. The highest BCUT2D eigenvalue weighted by Gasteiger charge is 2.18. The Balaban J connectivity index is 2.72. The van der Waals surface area contributed by atoms with Crippen molar-refractivity contribution in [3.8, 4) is 5.88 Å². The molecule has 0 aliphatic heterocycles. The van der Waals surface area contributed by atoms with Crippen molar-refractivity contribution >= 4 is 11.6 Å². The minimum Gasteiger partial charge on any atom is -0.477 e. The first-order chi connectivity index (χ1) is 7.65. The van der Waals surface area contributed by atoms with E-state index in [0.29, 0.717) is 23.8 Å². The van der Waals surface area contributed by atoms with Crippen LogP contribution in [0.1, 0.15) is 23.1 Å². The van der Waals surface area contributed by atoms with E-state index in [1.165, 1.54) is 10.6 Å². The summed E-state index contributed by atoms with van der Waals surface area (Å²) < 4.78 is 6.75. The molecule has 2 rings (SSSR count). The smallest absolute Gasteiger partial charge is 0.354 e. The van der Waals surface area contributed by atoms with E-state index in [1.54, 1.807) is 13.1 Å². The number of nitrogens with zero attached hydrogens (tertiary/aromatic N) is 3. The molecule has 2 aromatic rings. The van der Waals surface area contributed by atoms with Crippen molar-refractivity contribution in [1.82, 2.24) is 14.4 Å². The number of carboxylic acids is 1. The van der Waals surface area contributed by atoms with Gasteiger partial charge in [0, 0.05) is 12.4 Å². The van der Waals surface area contributed by atoms with Gasteiger partial charge in [0.05, 0.1) is 12.3 Å². The van der Waals surface area contributed by atoms with Crippen LogP contribution in [-0.4, -0.2) is 32.1 Å². The van der Waals surface area contributed by atoms with Gasteiger partial charge in [0.25, 0.3) is 5.88 Å². The molecule has 1 N–H and O–H groups in total. The van der Waals surface area contributed by atoms with Crippen LogP contribution in [0.5, 0.6) is 5.88 Å². The Morgan fingerprint density at radius 1 is 1.62 bits per heavy atom. The number of aromatic nitrogens is 3. The van der Waals surface area contributed by atoms with Crippen molar-refractivity contribution in [1.29, 1.82) is 0 Å². The van der Waals surface area contributed by atoms with Crippen LogP contribution in [-0.2, 0) is 0 Å². The number of rotatable bonds is 3. The Kier molecular flexibility index (Phi) is 2.47. The van der Waals surface area contributed by atoms with Crippen LogP contribution < -0.4 is 4.74 Å². The van der Waals surface area contributed by atoms with Crippen LogP contribution in [0.25, 0.3) is 5.65 Å². The van der Waals surface area contributed by atoms with Gasteiger partial charge in [-0.25, -0.2) is 14.8 Å². The summed E-state index contributed by atoms with van der Waals surface area (Å²) in [6.45, 7) is 3.94. The lowest BCUT2D eigenvalue weighted by molar-refractivity contribution is 0.0688. The molecule has 84 valence electrons. The molecule has 0 aromatic carbocycles. The molecule has 0 radical (unpaired) electrons. The first-order valence-electron chi connectivity index (χ1n) is 4.85. The van der Waals surface area contributed by atoms with Crippen molar-refractivity contribution in [3.63, 3.8) is 0 Å². The largest absolute Gasteiger partial charge is 0.477 e. The number of fused-ring (bicyclic) bond motifs is 1. The lowest BCUT2D eigenvalue weighted by Gasteiger charge is -2.02. The predicted molar refractivity (Wildman–Crippen MR) is 55.9 cm³/mol. The van der Waals surface area contributed by atoms with Crippen LogP contribution in [0.15, 0.2) is 12.4 Å². The summed E-state index contributed by atoms with van der Waals surface area (Å²) in [4.78, 5) is 19.2. The number of carboxylic acid groups (broad SMARTS) is 1. The SMILES string of the molecule is CCOc1nccn2c(C(=O)O)c(C)nc12. The van der Waals surface area contributed by atoms with Crippen molar-refractivity contribution < 1.29 is 14.6 Å². The maximum Gasteiger partial charge on any atom is 0.354 e. The predicted octanol–water partition coefficient (Wildman–Crippen LogP) is 1.13. The highest BCUT2D eigenvalue weighted by atomic mass is 16.5. The molecular formula is C10H11N3O3. The lowest BCUT2D eigenvalue weighted by Crippen LogP contribution is -2.04. The van der Waals surface area contributed by atoms with E-state index >= 15 is 0 Å². The zero-order chi connectivity index (χ0) is 11.7. The second-order valence-electron chi connectivity index (χ2n) is 3.21. The number of aromatic carboxylic acids is 1. The molecular weight excluding hydrogens is 210 g/mol. The van der Waals surface area contributed by atoms with Gasteiger partial charge in [-0.15, -0.1) is 0 Å². The molecule has 6 nitrogen and oxygen atoms in total. The van der Waals surface area contributed by atoms with Gasteiger partial charge >= 0.3 is 5.97 Å². The number of hydrogen-bond donors (Lipinski definition) is 1. The standard InChI is InChI=1S/C10H11N3O3/c1-3-16-9-8-12-6(2)7(10(14)15)13(8)5-4-11-9/h4-5H,3H2,1-2H3,(H,14,15). The first-order valence-corrected chi connectivity index (χ1v) is 4.85. The molecule has 0 amide bonds. The number of aryl methyl sites for hydroxylation is 1. The van der Waals surface area contributed by atoms with Crippen LogP contribution in [0.2, 0.25) is 0 Å². The minimum atomic E-state index is -1.02. The maximum atomic E-state index is 11.0. The second-order valence-corrected chi connectivity index (χ2v) is 3.21. The lowest BCUT2D eigenvalue weighted by atomic mass is 10.3. The van der Waals surface area contributed by atoms with Crippen LogP contribution in [0.4, 0.5) is 0 Å². The van der Waals surface area contributed by atoms with Gasteiger partial charge < -0.3 is 9.84 Å². The Hall–Kier alpha value is -2.11. The van der Waals surface area contributed by atoms with Crippen LogP contribution >= 0.6 is 0 Å². The molecule has 0 fully saturated rings. The molecule has 0 spiro atoms. The Morgan fingerprint density at radius 2 is 2.38 bits per heavy atom. The fourth-order valence-electron chi connectivity index (χ4n) is 1.56. The normalized spacial score (nSPS) is 10.6. The third-order valence-corrected chi connectivity index (χ3v) is 2.17.